The number of piperidine rings is 1. The van der Waals surface area contributed by atoms with E-state index in [2.05, 4.69) is 35.1 Å². The number of nitrogens with one attached hydrogen (secondary N) is 1. The Balaban J connectivity index is 1.50. The van der Waals surface area contributed by atoms with Gasteiger partial charge in [0.15, 0.2) is 0 Å². The van der Waals surface area contributed by atoms with E-state index >= 15 is 0 Å². The Hall–Kier alpha value is -1.13. The van der Waals surface area contributed by atoms with Crippen LogP contribution in [-0.2, 0) is 4.74 Å². The fourth-order valence-corrected chi connectivity index (χ4v) is 3.55. The number of nitrogens with zero attached hydrogens (tertiary/aromatic N) is 2. The van der Waals surface area contributed by atoms with Gasteiger partial charge in [0.25, 0.3) is 0 Å². The van der Waals surface area contributed by atoms with Crippen LogP contribution in [0.5, 0.6) is 0 Å². The standard InChI is InChI=1S/C18H29N3O/c1-14(2)15-11-17(13-19-12-15)20-16-3-7-21(8-4-16)18-5-9-22-10-6-18/h11-14,16,18,20H,3-10H2,1-2H3. The molecule has 2 fully saturated rings. The average molecular weight is 303 g/mol. The molecule has 0 atom stereocenters. The van der Waals surface area contributed by atoms with Crippen molar-refractivity contribution in [1.82, 2.24) is 9.88 Å². The van der Waals surface area contributed by atoms with Gasteiger partial charge in [-0.2, -0.15) is 0 Å². The van der Waals surface area contributed by atoms with Gasteiger partial charge in [-0.15, -0.1) is 0 Å². The SMILES string of the molecule is CC(C)c1cncc(NC2CCN(C3CCOCC3)CC2)c1. The maximum atomic E-state index is 5.48. The molecule has 1 aromatic rings. The van der Waals surface area contributed by atoms with Gasteiger partial charge >= 0.3 is 0 Å². The molecule has 0 unspecified atom stereocenters. The normalized spacial score (nSPS) is 22.1. The molecule has 0 amide bonds. The van der Waals surface area contributed by atoms with Gasteiger partial charge in [-0.1, -0.05) is 13.8 Å². The fraction of sp³-hybridized carbons (Fsp3) is 0.722. The first-order valence-corrected chi connectivity index (χ1v) is 8.75. The predicted molar refractivity (Wildman–Crippen MR) is 90.4 cm³/mol. The molecular formula is C18H29N3O. The molecule has 0 aromatic carbocycles. The lowest BCUT2D eigenvalue weighted by molar-refractivity contribution is 0.0262. The molecule has 0 aliphatic carbocycles. The quantitative estimate of drug-likeness (QED) is 0.926. The van der Waals surface area contributed by atoms with Crippen molar-refractivity contribution in [2.24, 2.45) is 0 Å². The molecule has 0 bridgehead atoms. The van der Waals surface area contributed by atoms with Crippen molar-refractivity contribution < 1.29 is 4.74 Å². The van der Waals surface area contributed by atoms with Gasteiger partial charge in [-0.25, -0.2) is 0 Å². The lowest BCUT2D eigenvalue weighted by Crippen LogP contribution is -2.46. The summed E-state index contributed by atoms with van der Waals surface area (Å²) in [5.41, 5.74) is 2.49. The van der Waals surface area contributed by atoms with E-state index in [0.717, 1.165) is 19.3 Å². The number of pyridine rings is 1. The second-order valence-electron chi connectivity index (χ2n) is 6.96. The van der Waals surface area contributed by atoms with E-state index in [0.29, 0.717) is 12.0 Å². The van der Waals surface area contributed by atoms with Gasteiger partial charge in [0, 0.05) is 50.8 Å². The predicted octanol–water partition coefficient (Wildman–Crippen LogP) is 3.26. The Bertz CT molecular complexity index is 463. The van der Waals surface area contributed by atoms with Crippen LogP contribution in [0.4, 0.5) is 5.69 Å². The second-order valence-corrected chi connectivity index (χ2v) is 6.96. The van der Waals surface area contributed by atoms with Gasteiger partial charge in [0.1, 0.15) is 0 Å². The van der Waals surface area contributed by atoms with E-state index in [1.807, 2.05) is 12.4 Å². The molecular weight excluding hydrogens is 274 g/mol. The van der Waals surface area contributed by atoms with Crippen LogP contribution in [0.2, 0.25) is 0 Å². The summed E-state index contributed by atoms with van der Waals surface area (Å²) < 4.78 is 5.48. The van der Waals surface area contributed by atoms with Gasteiger partial charge < -0.3 is 15.0 Å². The summed E-state index contributed by atoms with van der Waals surface area (Å²) in [5.74, 6) is 0.532. The molecule has 22 heavy (non-hydrogen) atoms. The fourth-order valence-electron chi connectivity index (χ4n) is 3.55. The molecule has 0 spiro atoms. The highest BCUT2D eigenvalue weighted by Crippen LogP contribution is 2.23. The Morgan fingerprint density at radius 2 is 1.86 bits per heavy atom. The van der Waals surface area contributed by atoms with Crippen molar-refractivity contribution in [2.75, 3.05) is 31.6 Å². The number of aromatic nitrogens is 1. The summed E-state index contributed by atoms with van der Waals surface area (Å²) in [6.45, 7) is 8.73. The number of hydrogen-bond donors (Lipinski definition) is 1. The molecule has 4 heteroatoms. The number of hydrogen-bond acceptors (Lipinski definition) is 4. The van der Waals surface area contributed by atoms with E-state index in [1.54, 1.807) is 0 Å². The van der Waals surface area contributed by atoms with Crippen molar-refractivity contribution in [3.63, 3.8) is 0 Å². The molecule has 3 heterocycles. The number of likely N-dealkylation sites (tertiary alicyclic amines) is 1. The van der Waals surface area contributed by atoms with E-state index in [-0.39, 0.29) is 0 Å². The van der Waals surface area contributed by atoms with Crippen LogP contribution in [0.15, 0.2) is 18.5 Å². The Morgan fingerprint density at radius 1 is 1.14 bits per heavy atom. The summed E-state index contributed by atoms with van der Waals surface area (Å²) in [6, 6.07) is 3.59. The summed E-state index contributed by atoms with van der Waals surface area (Å²) in [7, 11) is 0. The Morgan fingerprint density at radius 3 is 2.55 bits per heavy atom. The van der Waals surface area contributed by atoms with Crippen LogP contribution in [0.1, 0.15) is 51.0 Å². The summed E-state index contributed by atoms with van der Waals surface area (Å²) in [6.07, 6.45) is 8.80. The van der Waals surface area contributed by atoms with E-state index in [9.17, 15) is 0 Å². The zero-order valence-corrected chi connectivity index (χ0v) is 13.9. The lowest BCUT2D eigenvalue weighted by atomic mass is 9.99. The molecule has 1 N–H and O–H groups in total. The molecule has 3 rings (SSSR count). The van der Waals surface area contributed by atoms with Crippen molar-refractivity contribution >= 4 is 5.69 Å². The Kier molecular flexibility index (Phi) is 5.32. The first kappa shape index (κ1) is 15.8. The first-order chi connectivity index (χ1) is 10.7. The van der Waals surface area contributed by atoms with Gasteiger partial charge in [0.2, 0.25) is 0 Å². The van der Waals surface area contributed by atoms with Crippen molar-refractivity contribution in [3.8, 4) is 0 Å². The van der Waals surface area contributed by atoms with Crippen LogP contribution in [-0.4, -0.2) is 48.3 Å². The highest BCUT2D eigenvalue weighted by molar-refractivity contribution is 5.44. The summed E-state index contributed by atoms with van der Waals surface area (Å²) in [4.78, 5) is 7.04. The minimum atomic E-state index is 0.532. The smallest absolute Gasteiger partial charge is 0.0531 e. The van der Waals surface area contributed by atoms with Crippen LogP contribution >= 0.6 is 0 Å². The van der Waals surface area contributed by atoms with Crippen molar-refractivity contribution in [3.05, 3.63) is 24.0 Å². The Labute approximate surface area is 134 Å². The largest absolute Gasteiger partial charge is 0.381 e. The highest BCUT2D eigenvalue weighted by atomic mass is 16.5. The minimum absolute atomic E-state index is 0.532. The lowest BCUT2D eigenvalue weighted by Gasteiger charge is -2.39. The van der Waals surface area contributed by atoms with E-state index < -0.39 is 0 Å². The summed E-state index contributed by atoms with van der Waals surface area (Å²) in [5, 5.41) is 3.69. The summed E-state index contributed by atoms with van der Waals surface area (Å²) >= 11 is 0. The molecule has 1 aromatic heterocycles. The molecule has 4 nitrogen and oxygen atoms in total. The highest BCUT2D eigenvalue weighted by Gasteiger charge is 2.26. The van der Waals surface area contributed by atoms with Crippen LogP contribution in [0.3, 0.4) is 0 Å². The monoisotopic (exact) mass is 303 g/mol. The number of anilines is 1. The molecule has 122 valence electrons. The maximum Gasteiger partial charge on any atom is 0.0531 e. The van der Waals surface area contributed by atoms with Crippen molar-refractivity contribution in [1.29, 1.82) is 0 Å². The molecule has 2 aliphatic heterocycles. The third-order valence-electron chi connectivity index (χ3n) is 5.03. The minimum Gasteiger partial charge on any atom is -0.381 e. The zero-order valence-electron chi connectivity index (χ0n) is 13.9. The molecule has 0 saturated carbocycles. The van der Waals surface area contributed by atoms with E-state index in [1.165, 1.54) is 50.0 Å². The molecule has 2 saturated heterocycles. The molecule has 0 radical (unpaired) electrons. The van der Waals surface area contributed by atoms with Crippen LogP contribution < -0.4 is 5.32 Å². The zero-order chi connectivity index (χ0) is 15.4. The van der Waals surface area contributed by atoms with Gasteiger partial charge in [-0.05, 0) is 43.2 Å². The average Bonchev–Trinajstić information content (AvgIpc) is 2.56. The number of ether oxygens (including phenoxy) is 1. The van der Waals surface area contributed by atoms with Crippen LogP contribution in [0, 0.1) is 0 Å². The first-order valence-electron chi connectivity index (χ1n) is 8.75. The van der Waals surface area contributed by atoms with Crippen molar-refractivity contribution in [2.45, 2.75) is 57.5 Å². The second kappa shape index (κ2) is 7.42. The van der Waals surface area contributed by atoms with E-state index in [4.69, 9.17) is 4.74 Å². The maximum absolute atomic E-state index is 5.48. The molecule has 2 aliphatic rings. The van der Waals surface area contributed by atoms with Crippen LogP contribution in [0.25, 0.3) is 0 Å². The third kappa shape index (κ3) is 3.99. The van der Waals surface area contributed by atoms with Gasteiger partial charge in [-0.3, -0.25) is 4.98 Å². The third-order valence-corrected chi connectivity index (χ3v) is 5.03. The topological polar surface area (TPSA) is 37.4 Å². The van der Waals surface area contributed by atoms with Gasteiger partial charge in [0.05, 0.1) is 5.69 Å². The number of rotatable bonds is 4.